The van der Waals surface area contributed by atoms with E-state index in [1.54, 1.807) is 24.3 Å². The van der Waals surface area contributed by atoms with E-state index in [0.29, 0.717) is 17.9 Å². The van der Waals surface area contributed by atoms with Crippen molar-refractivity contribution in [2.45, 2.75) is 13.5 Å². The van der Waals surface area contributed by atoms with E-state index in [4.69, 9.17) is 11.0 Å². The SMILES string of the molecule is Cc1ccc(CN/C=C(/C#N)C(=O)Nc2ccc(N)cc2)cc1. The normalized spacial score (nSPS) is 10.7. The summed E-state index contributed by atoms with van der Waals surface area (Å²) in [5.74, 6) is -0.464. The standard InChI is InChI=1S/C18H18N4O/c1-13-2-4-14(5-3-13)11-21-12-15(10-19)18(23)22-17-8-6-16(20)7-9-17/h2-9,12,21H,11,20H2,1H3,(H,22,23)/b15-12-. The smallest absolute Gasteiger partial charge is 0.267 e. The third-order valence-electron chi connectivity index (χ3n) is 3.21. The molecule has 5 nitrogen and oxygen atoms in total. The molecule has 4 N–H and O–H groups in total. The quantitative estimate of drug-likeness (QED) is 0.450. The van der Waals surface area contributed by atoms with Crippen molar-refractivity contribution >= 4 is 17.3 Å². The number of hydrogen-bond acceptors (Lipinski definition) is 4. The number of benzene rings is 2. The summed E-state index contributed by atoms with van der Waals surface area (Å²) in [5, 5.41) is 14.7. The molecule has 0 unspecified atom stereocenters. The van der Waals surface area contributed by atoms with Crippen LogP contribution in [-0.4, -0.2) is 5.91 Å². The maximum absolute atomic E-state index is 12.0. The fraction of sp³-hybridized carbons (Fsp3) is 0.111. The molecule has 2 aromatic carbocycles. The molecule has 0 aliphatic carbocycles. The van der Waals surface area contributed by atoms with Crippen LogP contribution in [0.25, 0.3) is 0 Å². The molecule has 0 fully saturated rings. The van der Waals surface area contributed by atoms with Crippen molar-refractivity contribution in [1.82, 2.24) is 5.32 Å². The maximum atomic E-state index is 12.0. The average Bonchev–Trinajstić information content (AvgIpc) is 2.55. The molecule has 116 valence electrons. The van der Waals surface area contributed by atoms with E-state index >= 15 is 0 Å². The Kier molecular flexibility index (Phi) is 5.37. The van der Waals surface area contributed by atoms with Crippen LogP contribution in [0.15, 0.2) is 60.3 Å². The number of rotatable bonds is 5. The summed E-state index contributed by atoms with van der Waals surface area (Å²) in [6.07, 6.45) is 1.42. The minimum Gasteiger partial charge on any atom is -0.399 e. The molecular formula is C18H18N4O. The van der Waals surface area contributed by atoms with E-state index < -0.39 is 5.91 Å². The number of anilines is 2. The Bertz CT molecular complexity index is 740. The Morgan fingerprint density at radius 1 is 1.17 bits per heavy atom. The van der Waals surface area contributed by atoms with Crippen LogP contribution in [0, 0.1) is 18.3 Å². The highest BCUT2D eigenvalue weighted by atomic mass is 16.1. The Balaban J connectivity index is 1.95. The third kappa shape index (κ3) is 4.90. The zero-order valence-electron chi connectivity index (χ0n) is 12.8. The largest absolute Gasteiger partial charge is 0.399 e. The Labute approximate surface area is 135 Å². The Hall–Kier alpha value is -3.26. The number of nitrogens with zero attached hydrogens (tertiary/aromatic N) is 1. The number of nitrogen functional groups attached to an aromatic ring is 1. The fourth-order valence-corrected chi connectivity index (χ4v) is 1.89. The van der Waals surface area contributed by atoms with Gasteiger partial charge in [0.05, 0.1) is 0 Å². The zero-order valence-corrected chi connectivity index (χ0v) is 12.8. The van der Waals surface area contributed by atoms with Crippen molar-refractivity contribution in [3.05, 3.63) is 71.4 Å². The first kappa shape index (κ1) is 16.1. The number of carbonyl (C=O) groups excluding carboxylic acids is 1. The van der Waals surface area contributed by atoms with E-state index in [1.807, 2.05) is 37.3 Å². The Morgan fingerprint density at radius 3 is 2.43 bits per heavy atom. The molecule has 1 amide bonds. The lowest BCUT2D eigenvalue weighted by Crippen LogP contribution is -2.16. The molecule has 0 aliphatic rings. The second-order valence-corrected chi connectivity index (χ2v) is 5.11. The van der Waals surface area contributed by atoms with Gasteiger partial charge in [-0.15, -0.1) is 0 Å². The second kappa shape index (κ2) is 7.66. The summed E-state index contributed by atoms with van der Waals surface area (Å²) in [4.78, 5) is 12.0. The summed E-state index contributed by atoms with van der Waals surface area (Å²) in [6.45, 7) is 2.56. The minimum atomic E-state index is -0.464. The molecule has 2 rings (SSSR count). The molecule has 0 bridgehead atoms. The second-order valence-electron chi connectivity index (χ2n) is 5.11. The van der Waals surface area contributed by atoms with Crippen molar-refractivity contribution < 1.29 is 4.79 Å². The van der Waals surface area contributed by atoms with E-state index in [2.05, 4.69) is 10.6 Å². The first-order valence-electron chi connectivity index (χ1n) is 7.14. The van der Waals surface area contributed by atoms with Crippen molar-refractivity contribution in [2.75, 3.05) is 11.1 Å². The molecule has 0 radical (unpaired) electrons. The van der Waals surface area contributed by atoms with Crippen LogP contribution in [0.2, 0.25) is 0 Å². The lowest BCUT2D eigenvalue weighted by Gasteiger charge is -2.06. The Morgan fingerprint density at radius 2 is 1.83 bits per heavy atom. The molecule has 0 aromatic heterocycles. The van der Waals surface area contributed by atoms with E-state index in [0.717, 1.165) is 5.56 Å². The summed E-state index contributed by atoms with van der Waals surface area (Å²) < 4.78 is 0. The van der Waals surface area contributed by atoms with Gasteiger partial charge in [-0.05, 0) is 36.8 Å². The highest BCUT2D eigenvalue weighted by Crippen LogP contribution is 2.11. The lowest BCUT2D eigenvalue weighted by atomic mass is 10.1. The molecule has 0 aliphatic heterocycles. The summed E-state index contributed by atoms with van der Waals surface area (Å²) in [6, 6.07) is 16.6. The zero-order chi connectivity index (χ0) is 16.7. The van der Waals surface area contributed by atoms with Gasteiger partial charge in [0.25, 0.3) is 5.91 Å². The monoisotopic (exact) mass is 306 g/mol. The number of nitriles is 1. The van der Waals surface area contributed by atoms with Crippen molar-refractivity contribution in [2.24, 2.45) is 0 Å². The predicted molar refractivity (Wildman–Crippen MR) is 91.2 cm³/mol. The van der Waals surface area contributed by atoms with Gasteiger partial charge < -0.3 is 16.4 Å². The van der Waals surface area contributed by atoms with Crippen LogP contribution in [0.5, 0.6) is 0 Å². The molecule has 0 spiro atoms. The maximum Gasteiger partial charge on any atom is 0.267 e. The van der Waals surface area contributed by atoms with Crippen LogP contribution in [0.3, 0.4) is 0 Å². The molecule has 23 heavy (non-hydrogen) atoms. The number of nitrogens with one attached hydrogen (secondary N) is 2. The number of amides is 1. The van der Waals surface area contributed by atoms with Gasteiger partial charge in [-0.25, -0.2) is 0 Å². The lowest BCUT2D eigenvalue weighted by molar-refractivity contribution is -0.112. The molecule has 5 heteroatoms. The molecule has 0 saturated heterocycles. The number of carbonyl (C=O) groups is 1. The van der Waals surface area contributed by atoms with Gasteiger partial charge in [0.15, 0.2) is 0 Å². The number of aryl methyl sites for hydroxylation is 1. The van der Waals surface area contributed by atoms with Crippen LogP contribution in [-0.2, 0) is 11.3 Å². The van der Waals surface area contributed by atoms with Gasteiger partial charge in [0, 0.05) is 24.1 Å². The average molecular weight is 306 g/mol. The predicted octanol–water partition coefficient (Wildman–Crippen LogP) is 2.71. The van der Waals surface area contributed by atoms with E-state index in [-0.39, 0.29) is 5.57 Å². The first-order valence-corrected chi connectivity index (χ1v) is 7.14. The molecule has 0 saturated carbocycles. The molecule has 2 aromatic rings. The van der Waals surface area contributed by atoms with Crippen LogP contribution in [0.4, 0.5) is 11.4 Å². The van der Waals surface area contributed by atoms with E-state index in [9.17, 15) is 4.79 Å². The minimum absolute atomic E-state index is 0.00827. The van der Waals surface area contributed by atoms with Gasteiger partial charge >= 0.3 is 0 Å². The fourth-order valence-electron chi connectivity index (χ4n) is 1.89. The summed E-state index contributed by atoms with van der Waals surface area (Å²) in [7, 11) is 0. The molecule has 0 heterocycles. The molecule has 0 atom stereocenters. The van der Waals surface area contributed by atoms with Crippen LogP contribution < -0.4 is 16.4 Å². The van der Waals surface area contributed by atoms with Crippen molar-refractivity contribution in [1.29, 1.82) is 5.26 Å². The topological polar surface area (TPSA) is 90.9 Å². The van der Waals surface area contributed by atoms with Crippen molar-refractivity contribution in [3.63, 3.8) is 0 Å². The van der Waals surface area contributed by atoms with Gasteiger partial charge in [0.1, 0.15) is 11.6 Å². The first-order chi connectivity index (χ1) is 11.1. The number of hydrogen-bond donors (Lipinski definition) is 3. The summed E-state index contributed by atoms with van der Waals surface area (Å²) >= 11 is 0. The van der Waals surface area contributed by atoms with Crippen LogP contribution in [0.1, 0.15) is 11.1 Å². The number of nitrogens with two attached hydrogens (primary N) is 1. The van der Waals surface area contributed by atoms with Crippen molar-refractivity contribution in [3.8, 4) is 6.07 Å². The highest BCUT2D eigenvalue weighted by molar-refractivity contribution is 6.06. The third-order valence-corrected chi connectivity index (χ3v) is 3.21. The summed E-state index contributed by atoms with van der Waals surface area (Å²) in [5.41, 5.74) is 9.05. The van der Waals surface area contributed by atoms with Gasteiger partial charge in [-0.2, -0.15) is 5.26 Å². The van der Waals surface area contributed by atoms with Gasteiger partial charge in [0.2, 0.25) is 0 Å². The van der Waals surface area contributed by atoms with Crippen LogP contribution >= 0.6 is 0 Å². The van der Waals surface area contributed by atoms with Gasteiger partial charge in [-0.3, -0.25) is 4.79 Å². The molecular weight excluding hydrogens is 288 g/mol. The highest BCUT2D eigenvalue weighted by Gasteiger charge is 2.08. The van der Waals surface area contributed by atoms with Gasteiger partial charge in [-0.1, -0.05) is 29.8 Å². The van der Waals surface area contributed by atoms with E-state index in [1.165, 1.54) is 11.8 Å².